The van der Waals surface area contributed by atoms with E-state index in [4.69, 9.17) is 21.6 Å². The monoisotopic (exact) mass is 469 g/mol. The third kappa shape index (κ3) is 5.58. The molecule has 0 atom stereocenters. The summed E-state index contributed by atoms with van der Waals surface area (Å²) in [5.41, 5.74) is 1.61. The highest BCUT2D eigenvalue weighted by Crippen LogP contribution is 2.26. The van der Waals surface area contributed by atoms with Gasteiger partial charge in [0.15, 0.2) is 0 Å². The van der Waals surface area contributed by atoms with Crippen LogP contribution >= 0.6 is 11.6 Å². The van der Waals surface area contributed by atoms with E-state index in [1.54, 1.807) is 36.4 Å². The first kappa shape index (κ1) is 23.1. The number of hydrogen-bond donors (Lipinski definition) is 1. The second kappa shape index (κ2) is 10.2. The summed E-state index contributed by atoms with van der Waals surface area (Å²) in [5.74, 6) is -0.00958. The Morgan fingerprint density at radius 2 is 1.66 bits per heavy atom. The van der Waals surface area contributed by atoms with Crippen LogP contribution in [0.15, 0.2) is 77.7 Å². The number of anilines is 2. The van der Waals surface area contributed by atoms with Gasteiger partial charge in [0.1, 0.15) is 12.3 Å². The van der Waals surface area contributed by atoms with Crippen molar-refractivity contribution in [3.63, 3.8) is 0 Å². The minimum Gasteiger partial charge on any atom is -0.497 e. The molecule has 1 N–H and O–H groups in total. The number of nitrogens with zero attached hydrogens (tertiary/aromatic N) is 2. The van der Waals surface area contributed by atoms with Gasteiger partial charge in [-0.1, -0.05) is 23.7 Å². The molecule has 9 heteroatoms. The molecule has 0 saturated heterocycles. The fourth-order valence-electron chi connectivity index (χ4n) is 2.93. The van der Waals surface area contributed by atoms with Crippen molar-refractivity contribution in [2.24, 2.45) is 0 Å². The van der Waals surface area contributed by atoms with Gasteiger partial charge in [-0.25, -0.2) is 8.42 Å². The molecule has 32 heavy (non-hydrogen) atoms. The Labute approximate surface area is 191 Å². The highest BCUT2D eigenvalue weighted by molar-refractivity contribution is 7.92. The average molecular weight is 470 g/mol. The first-order chi connectivity index (χ1) is 15.3. The number of nitriles is 1. The van der Waals surface area contributed by atoms with Crippen molar-refractivity contribution in [3.8, 4) is 11.8 Å². The minimum atomic E-state index is -4.06. The largest absolute Gasteiger partial charge is 0.497 e. The average Bonchev–Trinajstić information content (AvgIpc) is 2.79. The Balaban J connectivity index is 1.88. The normalized spacial score (nSPS) is 10.8. The van der Waals surface area contributed by atoms with E-state index in [1.807, 2.05) is 0 Å². The third-order valence-electron chi connectivity index (χ3n) is 4.57. The van der Waals surface area contributed by atoms with E-state index >= 15 is 0 Å². The molecule has 1 amide bonds. The van der Waals surface area contributed by atoms with Crippen LogP contribution in [0.3, 0.4) is 0 Å². The number of nitrogens with one attached hydrogen (secondary N) is 1. The third-order valence-corrected chi connectivity index (χ3v) is 6.61. The number of benzene rings is 3. The number of methoxy groups -OCH3 is 1. The number of halogens is 1. The lowest BCUT2D eigenvalue weighted by Crippen LogP contribution is -2.38. The van der Waals surface area contributed by atoms with E-state index in [-0.39, 0.29) is 11.3 Å². The molecule has 0 aromatic heterocycles. The second-order valence-corrected chi connectivity index (χ2v) is 9.04. The van der Waals surface area contributed by atoms with Gasteiger partial charge < -0.3 is 10.1 Å². The van der Waals surface area contributed by atoms with E-state index < -0.39 is 22.5 Å². The van der Waals surface area contributed by atoms with Crippen LogP contribution in [0.4, 0.5) is 11.4 Å². The number of ether oxygens (including phenoxy) is 1. The lowest BCUT2D eigenvalue weighted by Gasteiger charge is -2.24. The van der Waals surface area contributed by atoms with Crippen molar-refractivity contribution < 1.29 is 17.9 Å². The zero-order chi connectivity index (χ0) is 23.1. The van der Waals surface area contributed by atoms with Crippen LogP contribution < -0.4 is 14.4 Å². The lowest BCUT2D eigenvalue weighted by molar-refractivity contribution is -0.114. The minimum absolute atomic E-state index is 0.0157. The lowest BCUT2D eigenvalue weighted by atomic mass is 10.1. The zero-order valence-corrected chi connectivity index (χ0v) is 18.7. The number of sulfonamides is 1. The Morgan fingerprint density at radius 3 is 2.22 bits per heavy atom. The number of rotatable bonds is 8. The Hall–Kier alpha value is -3.54. The van der Waals surface area contributed by atoms with Crippen LogP contribution in [0.1, 0.15) is 5.56 Å². The summed E-state index contributed by atoms with van der Waals surface area (Å²) in [7, 11) is -2.57. The molecular formula is C23H20ClN3O4S. The van der Waals surface area contributed by atoms with Crippen LogP contribution in [-0.4, -0.2) is 28.0 Å². The van der Waals surface area contributed by atoms with E-state index in [0.717, 1.165) is 9.87 Å². The first-order valence-corrected chi connectivity index (χ1v) is 11.3. The number of hydrogen-bond acceptors (Lipinski definition) is 5. The number of carbonyl (C=O) groups is 1. The summed E-state index contributed by atoms with van der Waals surface area (Å²) in [5, 5.41) is 11.9. The maximum atomic E-state index is 13.4. The zero-order valence-electron chi connectivity index (χ0n) is 17.2. The van der Waals surface area contributed by atoms with Gasteiger partial charge in [-0.05, 0) is 66.2 Å². The van der Waals surface area contributed by atoms with Crippen LogP contribution in [0, 0.1) is 11.3 Å². The second-order valence-electron chi connectivity index (χ2n) is 6.74. The van der Waals surface area contributed by atoms with Crippen LogP contribution in [0.2, 0.25) is 5.02 Å². The predicted octanol–water partition coefficient (Wildman–Crippen LogP) is 4.25. The molecular weight excluding hydrogens is 450 g/mol. The highest BCUT2D eigenvalue weighted by Gasteiger charge is 2.27. The van der Waals surface area contributed by atoms with Crippen molar-refractivity contribution >= 4 is 38.9 Å². The predicted molar refractivity (Wildman–Crippen MR) is 123 cm³/mol. The summed E-state index contributed by atoms with van der Waals surface area (Å²) >= 11 is 5.95. The Morgan fingerprint density at radius 1 is 1.03 bits per heavy atom. The van der Waals surface area contributed by atoms with Gasteiger partial charge in [0.25, 0.3) is 10.0 Å². The summed E-state index contributed by atoms with van der Waals surface area (Å²) < 4.78 is 32.8. The summed E-state index contributed by atoms with van der Waals surface area (Å²) in [6.45, 7) is -0.448. The molecule has 0 saturated carbocycles. The molecule has 0 aliphatic rings. The van der Waals surface area contributed by atoms with Crippen LogP contribution in [0.5, 0.6) is 5.75 Å². The standard InChI is InChI=1S/C23H20ClN3O4S/c1-31-21-10-12-22(13-11-21)32(29,30)27(20-8-4-18(24)5-9-20)16-23(28)26-19-6-2-17(3-7-19)14-15-25/h2-13H,14,16H2,1H3,(H,26,28). The van der Waals surface area contributed by atoms with Gasteiger partial charge in [0.05, 0.1) is 30.2 Å². The summed E-state index contributed by atoms with van der Waals surface area (Å²) in [6.07, 6.45) is 0.263. The van der Waals surface area contributed by atoms with E-state index in [2.05, 4.69) is 11.4 Å². The fraction of sp³-hybridized carbons (Fsp3) is 0.130. The van der Waals surface area contributed by atoms with E-state index in [0.29, 0.717) is 22.1 Å². The maximum Gasteiger partial charge on any atom is 0.264 e. The molecule has 0 spiro atoms. The Bertz CT molecular complexity index is 1220. The van der Waals surface area contributed by atoms with Crippen LogP contribution in [-0.2, 0) is 21.2 Å². The molecule has 0 bridgehead atoms. The van der Waals surface area contributed by atoms with E-state index in [1.165, 1.54) is 43.5 Å². The van der Waals surface area contributed by atoms with Crippen molar-refractivity contribution in [1.29, 1.82) is 5.26 Å². The van der Waals surface area contributed by atoms with Gasteiger partial charge in [-0.2, -0.15) is 5.26 Å². The topological polar surface area (TPSA) is 99.5 Å². The first-order valence-electron chi connectivity index (χ1n) is 9.51. The van der Waals surface area contributed by atoms with Crippen molar-refractivity contribution in [3.05, 3.63) is 83.4 Å². The highest BCUT2D eigenvalue weighted by atomic mass is 35.5. The molecule has 7 nitrogen and oxygen atoms in total. The number of carbonyl (C=O) groups excluding carboxylic acids is 1. The van der Waals surface area contributed by atoms with Crippen molar-refractivity contribution in [2.75, 3.05) is 23.3 Å². The summed E-state index contributed by atoms with van der Waals surface area (Å²) in [6, 6.07) is 20.9. The van der Waals surface area contributed by atoms with Gasteiger partial charge >= 0.3 is 0 Å². The molecule has 0 heterocycles. The molecule has 3 rings (SSSR count). The van der Waals surface area contributed by atoms with Gasteiger partial charge in [0.2, 0.25) is 5.91 Å². The van der Waals surface area contributed by atoms with Crippen LogP contribution in [0.25, 0.3) is 0 Å². The number of amides is 1. The molecule has 164 valence electrons. The quantitative estimate of drug-likeness (QED) is 0.531. The Kier molecular flexibility index (Phi) is 7.36. The fourth-order valence-corrected chi connectivity index (χ4v) is 4.47. The molecule has 0 aliphatic carbocycles. The SMILES string of the molecule is COc1ccc(S(=O)(=O)N(CC(=O)Nc2ccc(CC#N)cc2)c2ccc(Cl)cc2)cc1. The molecule has 0 aliphatic heterocycles. The van der Waals surface area contributed by atoms with Crippen molar-refractivity contribution in [2.45, 2.75) is 11.3 Å². The molecule has 3 aromatic carbocycles. The van der Waals surface area contributed by atoms with Crippen molar-refractivity contribution in [1.82, 2.24) is 0 Å². The smallest absolute Gasteiger partial charge is 0.264 e. The van der Waals surface area contributed by atoms with Gasteiger partial charge in [-0.15, -0.1) is 0 Å². The molecule has 0 fully saturated rings. The summed E-state index contributed by atoms with van der Waals surface area (Å²) in [4.78, 5) is 12.8. The molecule has 0 radical (unpaired) electrons. The van der Waals surface area contributed by atoms with Gasteiger partial charge in [-0.3, -0.25) is 9.10 Å². The molecule has 3 aromatic rings. The van der Waals surface area contributed by atoms with E-state index in [9.17, 15) is 13.2 Å². The maximum absolute atomic E-state index is 13.4. The molecule has 0 unspecified atom stereocenters. The van der Waals surface area contributed by atoms with Gasteiger partial charge in [0, 0.05) is 10.7 Å².